The number of aromatic nitrogens is 2. The van der Waals surface area contributed by atoms with Crippen LogP contribution in [0.3, 0.4) is 0 Å². The quantitative estimate of drug-likeness (QED) is 0.210. The van der Waals surface area contributed by atoms with Crippen LogP contribution >= 0.6 is 11.3 Å². The third kappa shape index (κ3) is 7.14. The van der Waals surface area contributed by atoms with Gasteiger partial charge in [0.15, 0.2) is 11.6 Å². The van der Waals surface area contributed by atoms with Crippen molar-refractivity contribution in [2.75, 3.05) is 32.7 Å². The Hall–Kier alpha value is -4.02. The fourth-order valence-electron chi connectivity index (χ4n) is 5.26. The van der Waals surface area contributed by atoms with Crippen LogP contribution in [-0.2, 0) is 16.0 Å². The topological polar surface area (TPSA) is 92.7 Å². The van der Waals surface area contributed by atoms with Crippen molar-refractivity contribution in [1.29, 1.82) is 0 Å². The second-order valence-electron chi connectivity index (χ2n) is 11.4. The van der Waals surface area contributed by atoms with E-state index in [2.05, 4.69) is 14.9 Å². The van der Waals surface area contributed by atoms with Crippen molar-refractivity contribution in [3.63, 3.8) is 0 Å². The molecule has 0 atom stereocenters. The van der Waals surface area contributed by atoms with Crippen molar-refractivity contribution in [3.8, 4) is 22.1 Å². The summed E-state index contributed by atoms with van der Waals surface area (Å²) in [4.78, 5) is 50.4. The molecule has 0 N–H and O–H groups in total. The molecule has 0 spiro atoms. The van der Waals surface area contributed by atoms with Crippen LogP contribution in [0.25, 0.3) is 20.8 Å². The van der Waals surface area contributed by atoms with Crippen molar-refractivity contribution < 1.29 is 23.5 Å². The van der Waals surface area contributed by atoms with Crippen LogP contribution < -0.4 is 4.74 Å². The minimum absolute atomic E-state index is 0.0562. The van der Waals surface area contributed by atoms with Crippen LogP contribution in [0.5, 0.6) is 11.5 Å². The standard InChI is InChI=1S/C33H33FN4O4S/c1-21(39)9-11-37-12-14-38(15-13-37)33(41)24-5-6-27(36-20-24)31-19-28-32(43-31)30(8-10-35-28)42-29-7-4-23(18-26(29)34)17-25(40)16-22-2-3-22/h4-8,10,18-20,22H,2-3,9,11-17H2,1H3. The molecule has 222 valence electrons. The Kier molecular flexibility index (Phi) is 8.58. The monoisotopic (exact) mass is 600 g/mol. The molecule has 4 aromatic rings. The summed E-state index contributed by atoms with van der Waals surface area (Å²) in [6, 6.07) is 11.9. The summed E-state index contributed by atoms with van der Waals surface area (Å²) in [6.07, 6.45) is 6.79. The van der Waals surface area contributed by atoms with Gasteiger partial charge in [0, 0.05) is 70.4 Å². The second-order valence-corrected chi connectivity index (χ2v) is 12.4. The summed E-state index contributed by atoms with van der Waals surface area (Å²) >= 11 is 1.43. The van der Waals surface area contributed by atoms with Crippen molar-refractivity contribution in [3.05, 3.63) is 71.8 Å². The van der Waals surface area contributed by atoms with Gasteiger partial charge in [0.25, 0.3) is 5.91 Å². The molecular weight excluding hydrogens is 567 g/mol. The molecule has 3 aromatic heterocycles. The number of rotatable bonds is 11. The van der Waals surface area contributed by atoms with Gasteiger partial charge in [-0.25, -0.2) is 4.39 Å². The molecule has 0 bridgehead atoms. The number of halogens is 1. The predicted molar refractivity (Wildman–Crippen MR) is 163 cm³/mol. The van der Waals surface area contributed by atoms with Gasteiger partial charge in [-0.15, -0.1) is 11.3 Å². The second kappa shape index (κ2) is 12.7. The Balaban J connectivity index is 1.11. The molecule has 2 fully saturated rings. The first-order valence-corrected chi connectivity index (χ1v) is 15.5. The Morgan fingerprint density at radius 1 is 1.00 bits per heavy atom. The van der Waals surface area contributed by atoms with Crippen LogP contribution in [-0.4, -0.2) is 70.0 Å². The minimum Gasteiger partial charge on any atom is -0.453 e. The Morgan fingerprint density at radius 2 is 1.81 bits per heavy atom. The highest BCUT2D eigenvalue weighted by Crippen LogP contribution is 2.39. The summed E-state index contributed by atoms with van der Waals surface area (Å²) in [6.45, 7) is 5.06. The first-order chi connectivity index (χ1) is 20.8. The van der Waals surface area contributed by atoms with Crippen molar-refractivity contribution in [1.82, 2.24) is 19.8 Å². The number of benzene rings is 1. The van der Waals surface area contributed by atoms with Gasteiger partial charge in [-0.3, -0.25) is 29.3 Å². The van der Waals surface area contributed by atoms with E-state index in [9.17, 15) is 18.8 Å². The smallest absolute Gasteiger partial charge is 0.255 e. The first kappa shape index (κ1) is 29.1. The summed E-state index contributed by atoms with van der Waals surface area (Å²) in [7, 11) is 0. The number of hydrogen-bond donors (Lipinski definition) is 0. The van der Waals surface area contributed by atoms with Gasteiger partial charge in [-0.05, 0) is 61.6 Å². The maximum Gasteiger partial charge on any atom is 0.255 e. The fraction of sp³-hybridized carbons (Fsp3) is 0.364. The summed E-state index contributed by atoms with van der Waals surface area (Å²) in [5, 5.41) is 0. The van der Waals surface area contributed by atoms with Crippen LogP contribution in [0, 0.1) is 11.7 Å². The third-order valence-electron chi connectivity index (χ3n) is 7.91. The van der Waals surface area contributed by atoms with Crippen molar-refractivity contribution >= 4 is 39.0 Å². The Bertz CT molecular complexity index is 1660. The molecule has 2 aliphatic rings. The lowest BCUT2D eigenvalue weighted by Crippen LogP contribution is -2.49. The number of thiophene rings is 1. The van der Waals surface area contributed by atoms with E-state index in [1.54, 1.807) is 43.6 Å². The van der Waals surface area contributed by atoms with Crippen molar-refractivity contribution in [2.45, 2.75) is 39.0 Å². The molecule has 1 aliphatic carbocycles. The zero-order valence-electron chi connectivity index (χ0n) is 24.1. The van der Waals surface area contributed by atoms with E-state index >= 15 is 0 Å². The zero-order valence-corrected chi connectivity index (χ0v) is 24.9. The van der Waals surface area contributed by atoms with E-state index in [4.69, 9.17) is 4.74 Å². The van der Waals surface area contributed by atoms with Gasteiger partial charge in [0.05, 0.1) is 26.4 Å². The highest BCUT2D eigenvalue weighted by molar-refractivity contribution is 7.22. The largest absolute Gasteiger partial charge is 0.453 e. The number of carbonyl (C=O) groups is 3. The predicted octanol–water partition coefficient (Wildman–Crippen LogP) is 5.94. The number of hydrogen-bond acceptors (Lipinski definition) is 8. The summed E-state index contributed by atoms with van der Waals surface area (Å²) in [5.74, 6) is 0.822. The minimum atomic E-state index is -0.516. The van der Waals surface area contributed by atoms with Crippen LogP contribution in [0.4, 0.5) is 4.39 Å². The van der Waals surface area contributed by atoms with Gasteiger partial charge >= 0.3 is 0 Å². The van der Waals surface area contributed by atoms with Gasteiger partial charge < -0.3 is 9.64 Å². The number of Topliss-reactive ketones (excluding diaryl/α,β-unsaturated/α-hetero) is 2. The first-order valence-electron chi connectivity index (χ1n) is 14.7. The molecule has 1 amide bonds. The number of nitrogens with zero attached hydrogens (tertiary/aromatic N) is 4. The average molecular weight is 601 g/mol. The Labute approximate surface area is 253 Å². The molecule has 0 radical (unpaired) electrons. The van der Waals surface area contributed by atoms with Crippen molar-refractivity contribution in [2.24, 2.45) is 5.92 Å². The van der Waals surface area contributed by atoms with Crippen LogP contribution in [0.1, 0.15) is 48.5 Å². The van der Waals surface area contributed by atoms with E-state index in [-0.39, 0.29) is 29.6 Å². The molecular formula is C33H33FN4O4S. The number of pyridine rings is 2. The highest BCUT2D eigenvalue weighted by Gasteiger charge is 2.25. The molecule has 10 heteroatoms. The molecule has 8 nitrogen and oxygen atoms in total. The van der Waals surface area contributed by atoms with E-state index in [1.807, 2.05) is 17.0 Å². The molecule has 1 saturated heterocycles. The van der Waals surface area contributed by atoms with E-state index in [0.717, 1.165) is 42.1 Å². The SMILES string of the molecule is CC(=O)CCN1CCN(C(=O)c2ccc(-c3cc4nccc(Oc5ccc(CC(=O)CC6CC6)cc5F)c4s3)nc2)CC1. The third-order valence-corrected chi connectivity index (χ3v) is 9.07. The van der Waals surface area contributed by atoms with E-state index in [0.29, 0.717) is 59.9 Å². The normalized spacial score (nSPS) is 15.5. The molecule has 1 saturated carbocycles. The lowest BCUT2D eigenvalue weighted by atomic mass is 10.0. The van der Waals surface area contributed by atoms with Crippen LogP contribution in [0.2, 0.25) is 0 Å². The molecule has 1 aliphatic heterocycles. The van der Waals surface area contributed by atoms with E-state index < -0.39 is 5.82 Å². The molecule has 1 aromatic carbocycles. The lowest BCUT2D eigenvalue weighted by molar-refractivity contribution is -0.119. The molecule has 4 heterocycles. The maximum absolute atomic E-state index is 14.9. The number of fused-ring (bicyclic) bond motifs is 1. The van der Waals surface area contributed by atoms with Crippen LogP contribution in [0.15, 0.2) is 54.9 Å². The highest BCUT2D eigenvalue weighted by atomic mass is 32.1. The molecule has 43 heavy (non-hydrogen) atoms. The fourth-order valence-corrected chi connectivity index (χ4v) is 6.30. The number of ether oxygens (including phenoxy) is 1. The van der Waals surface area contributed by atoms with Gasteiger partial charge in [0.1, 0.15) is 17.3 Å². The lowest BCUT2D eigenvalue weighted by Gasteiger charge is -2.34. The summed E-state index contributed by atoms with van der Waals surface area (Å²) < 4.78 is 21.7. The summed E-state index contributed by atoms with van der Waals surface area (Å²) in [5.41, 5.74) is 2.57. The Morgan fingerprint density at radius 3 is 2.51 bits per heavy atom. The van der Waals surface area contributed by atoms with E-state index in [1.165, 1.54) is 17.4 Å². The van der Waals surface area contributed by atoms with Gasteiger partial charge in [-0.1, -0.05) is 6.07 Å². The zero-order chi connectivity index (χ0) is 29.9. The van der Waals surface area contributed by atoms with Gasteiger partial charge in [-0.2, -0.15) is 0 Å². The molecule has 0 unspecified atom stereocenters. The number of amides is 1. The average Bonchev–Trinajstić information content (AvgIpc) is 3.70. The number of piperazine rings is 1. The molecule has 6 rings (SSSR count). The maximum atomic E-state index is 14.9. The van der Waals surface area contributed by atoms with Gasteiger partial charge in [0.2, 0.25) is 0 Å². The number of ketones is 2. The number of carbonyl (C=O) groups excluding carboxylic acids is 3.